The third kappa shape index (κ3) is 2.75. The minimum atomic E-state index is -4.07. The van der Waals surface area contributed by atoms with Crippen LogP contribution in [0, 0.1) is 0 Å². The fourth-order valence-electron chi connectivity index (χ4n) is 1.16. The van der Waals surface area contributed by atoms with E-state index in [9.17, 15) is 13.2 Å². The van der Waals surface area contributed by atoms with E-state index >= 15 is 0 Å². The summed E-state index contributed by atoms with van der Waals surface area (Å²) in [5.74, 6) is -1.49. The van der Waals surface area contributed by atoms with Gasteiger partial charge in [0.15, 0.2) is 9.84 Å². The van der Waals surface area contributed by atoms with Crippen LogP contribution in [0.5, 0.6) is 0 Å². The van der Waals surface area contributed by atoms with E-state index in [-0.39, 0.29) is 9.92 Å². The third-order valence-electron chi connectivity index (χ3n) is 2.14. The molecule has 0 fully saturated rings. The van der Waals surface area contributed by atoms with Crippen molar-refractivity contribution in [2.75, 3.05) is 0 Å². The van der Waals surface area contributed by atoms with E-state index in [1.807, 2.05) is 0 Å². The molecule has 0 saturated heterocycles. The summed E-state index contributed by atoms with van der Waals surface area (Å²) in [4.78, 5) is 10.4. The minimum Gasteiger partial charge on any atom is -0.480 e. The van der Waals surface area contributed by atoms with Crippen molar-refractivity contribution < 1.29 is 18.3 Å². The molecule has 0 aromatic heterocycles. The summed E-state index contributed by atoms with van der Waals surface area (Å²) in [6, 6.07) is 3.90. The molecular formula is C9H11ClN2O4S. The van der Waals surface area contributed by atoms with E-state index < -0.39 is 27.2 Å². The third-order valence-corrected chi connectivity index (χ3v) is 4.56. The normalized spacial score (nSPS) is 15.2. The number of carbonyl (C=O) groups is 1. The topological polar surface area (TPSA) is 123 Å². The summed E-state index contributed by atoms with van der Waals surface area (Å²) in [7, 11) is -4.07. The number of rotatable bonds is 4. The summed E-state index contributed by atoms with van der Waals surface area (Å²) < 4.78 is 23.9. The van der Waals surface area contributed by atoms with E-state index in [1.54, 1.807) is 6.07 Å². The Morgan fingerprint density at radius 3 is 2.29 bits per heavy atom. The fraction of sp³-hybridized carbons (Fsp3) is 0.222. The number of benzene rings is 1. The quantitative estimate of drug-likeness (QED) is 0.701. The second-order valence-corrected chi connectivity index (χ2v) is 5.79. The highest BCUT2D eigenvalue weighted by molar-refractivity contribution is 7.92. The Hall–Kier alpha value is -1.15. The molecular weight excluding hydrogens is 268 g/mol. The molecule has 1 unspecified atom stereocenters. The van der Waals surface area contributed by atoms with Crippen LogP contribution in [0.2, 0.25) is 5.02 Å². The average molecular weight is 279 g/mol. The molecule has 1 aromatic rings. The molecule has 0 amide bonds. The molecule has 17 heavy (non-hydrogen) atoms. The van der Waals surface area contributed by atoms with Gasteiger partial charge < -0.3 is 16.6 Å². The van der Waals surface area contributed by atoms with Crippen LogP contribution in [-0.2, 0) is 14.6 Å². The first-order valence-electron chi connectivity index (χ1n) is 4.51. The number of nitrogens with two attached hydrogens (primary N) is 2. The number of sulfone groups is 1. The molecule has 5 N–H and O–H groups in total. The smallest absolute Gasteiger partial charge is 0.323 e. The van der Waals surface area contributed by atoms with Gasteiger partial charge in [-0.25, -0.2) is 8.42 Å². The van der Waals surface area contributed by atoms with Crippen LogP contribution in [0.1, 0.15) is 0 Å². The molecule has 0 spiro atoms. The molecule has 6 nitrogen and oxygen atoms in total. The van der Waals surface area contributed by atoms with Crippen molar-refractivity contribution in [2.24, 2.45) is 11.5 Å². The first kappa shape index (κ1) is 13.9. The van der Waals surface area contributed by atoms with Gasteiger partial charge in [0, 0.05) is 0 Å². The number of carboxylic acids is 1. The molecule has 2 atom stereocenters. The molecule has 0 bridgehead atoms. The van der Waals surface area contributed by atoms with Crippen LogP contribution >= 0.6 is 11.6 Å². The Labute approximate surface area is 103 Å². The Morgan fingerprint density at radius 2 is 1.82 bits per heavy atom. The fourth-order valence-corrected chi connectivity index (χ4v) is 3.02. The largest absolute Gasteiger partial charge is 0.480 e. The lowest BCUT2D eigenvalue weighted by Crippen LogP contribution is -2.51. The van der Waals surface area contributed by atoms with Crippen LogP contribution in [0.3, 0.4) is 0 Å². The van der Waals surface area contributed by atoms with Gasteiger partial charge in [-0.2, -0.15) is 0 Å². The van der Waals surface area contributed by atoms with Crippen molar-refractivity contribution in [3.8, 4) is 0 Å². The van der Waals surface area contributed by atoms with E-state index in [2.05, 4.69) is 0 Å². The lowest BCUT2D eigenvalue weighted by Gasteiger charge is -2.17. The predicted octanol–water partition coefficient (Wildman–Crippen LogP) is -0.190. The zero-order valence-corrected chi connectivity index (χ0v) is 10.1. The van der Waals surface area contributed by atoms with Gasteiger partial charge in [0.25, 0.3) is 0 Å². The minimum absolute atomic E-state index is 0.0273. The maximum Gasteiger partial charge on any atom is 0.323 e. The lowest BCUT2D eigenvalue weighted by atomic mass is 10.3. The van der Waals surface area contributed by atoms with Gasteiger partial charge >= 0.3 is 5.97 Å². The van der Waals surface area contributed by atoms with Crippen LogP contribution < -0.4 is 11.5 Å². The Kier molecular flexibility index (Phi) is 4.10. The Morgan fingerprint density at radius 1 is 1.29 bits per heavy atom. The standard InChI is InChI=1S/C9H11ClN2O4S/c10-5-3-1-2-4-6(5)17(15,16)8(12)7(11)9(13)14/h1-4,7-8H,11-12H2,(H,13,14)/t7?,8-/m0/s1. The van der Waals surface area contributed by atoms with E-state index in [0.29, 0.717) is 0 Å². The van der Waals surface area contributed by atoms with Gasteiger partial charge in [0.05, 0.1) is 9.92 Å². The first-order chi connectivity index (χ1) is 7.78. The number of halogens is 1. The average Bonchev–Trinajstić information content (AvgIpc) is 2.27. The van der Waals surface area contributed by atoms with Crippen molar-refractivity contribution in [1.29, 1.82) is 0 Å². The van der Waals surface area contributed by atoms with Crippen LogP contribution in [0.4, 0.5) is 0 Å². The summed E-state index contributed by atoms with van der Waals surface area (Å²) in [5, 5.41) is 6.85. The molecule has 94 valence electrons. The molecule has 0 aliphatic heterocycles. The van der Waals surface area contributed by atoms with Crippen molar-refractivity contribution in [3.63, 3.8) is 0 Å². The van der Waals surface area contributed by atoms with Gasteiger partial charge in [-0.15, -0.1) is 0 Å². The lowest BCUT2D eigenvalue weighted by molar-refractivity contribution is -0.138. The van der Waals surface area contributed by atoms with Crippen molar-refractivity contribution in [2.45, 2.75) is 16.3 Å². The molecule has 1 aromatic carbocycles. The maximum atomic E-state index is 11.9. The van der Waals surface area contributed by atoms with E-state index in [1.165, 1.54) is 18.2 Å². The second-order valence-electron chi connectivity index (χ2n) is 3.30. The zero-order valence-electron chi connectivity index (χ0n) is 8.58. The van der Waals surface area contributed by atoms with Crippen molar-refractivity contribution >= 4 is 27.4 Å². The number of aliphatic carboxylic acids is 1. The molecule has 0 heterocycles. The summed E-state index contributed by atoms with van der Waals surface area (Å²) in [6.07, 6.45) is 0. The van der Waals surface area contributed by atoms with E-state index in [4.69, 9.17) is 28.2 Å². The highest BCUT2D eigenvalue weighted by atomic mass is 35.5. The summed E-state index contributed by atoms with van der Waals surface area (Å²) in [5.41, 5.74) is 10.5. The predicted molar refractivity (Wildman–Crippen MR) is 62.2 cm³/mol. The molecule has 0 radical (unpaired) electrons. The van der Waals surface area contributed by atoms with E-state index in [0.717, 1.165) is 0 Å². The van der Waals surface area contributed by atoms with Crippen LogP contribution in [-0.4, -0.2) is 30.9 Å². The molecule has 0 aliphatic rings. The highest BCUT2D eigenvalue weighted by Gasteiger charge is 2.34. The van der Waals surface area contributed by atoms with Gasteiger partial charge in [0.2, 0.25) is 0 Å². The summed E-state index contributed by atoms with van der Waals surface area (Å²) >= 11 is 5.71. The maximum absolute atomic E-state index is 11.9. The van der Waals surface area contributed by atoms with Crippen LogP contribution in [0.15, 0.2) is 29.2 Å². The Balaban J connectivity index is 3.21. The molecule has 0 saturated carbocycles. The van der Waals surface area contributed by atoms with Gasteiger partial charge in [-0.3, -0.25) is 4.79 Å². The van der Waals surface area contributed by atoms with Crippen LogP contribution in [0.25, 0.3) is 0 Å². The molecule has 1 rings (SSSR count). The number of hydrogen-bond donors (Lipinski definition) is 3. The van der Waals surface area contributed by atoms with Gasteiger partial charge in [0.1, 0.15) is 11.4 Å². The SMILES string of the molecule is NC(C(=O)O)[C@@H](N)S(=O)(=O)c1ccccc1Cl. The van der Waals surface area contributed by atoms with Crippen molar-refractivity contribution in [3.05, 3.63) is 29.3 Å². The highest BCUT2D eigenvalue weighted by Crippen LogP contribution is 2.23. The first-order valence-corrected chi connectivity index (χ1v) is 6.43. The van der Waals surface area contributed by atoms with Crippen molar-refractivity contribution in [1.82, 2.24) is 0 Å². The zero-order chi connectivity index (χ0) is 13.2. The molecule has 0 aliphatic carbocycles. The number of carboxylic acid groups (broad SMARTS) is 1. The molecule has 8 heteroatoms. The monoisotopic (exact) mass is 278 g/mol. The van der Waals surface area contributed by atoms with Gasteiger partial charge in [-0.05, 0) is 12.1 Å². The second kappa shape index (κ2) is 5.01. The Bertz CT molecular complexity index is 532. The summed E-state index contributed by atoms with van der Waals surface area (Å²) in [6.45, 7) is 0. The van der Waals surface area contributed by atoms with Gasteiger partial charge in [-0.1, -0.05) is 23.7 Å². The number of hydrogen-bond acceptors (Lipinski definition) is 5.